The molecule has 0 bridgehead atoms. The summed E-state index contributed by atoms with van der Waals surface area (Å²) >= 11 is 1.48. The van der Waals surface area contributed by atoms with E-state index in [2.05, 4.69) is 10.6 Å². The van der Waals surface area contributed by atoms with E-state index in [0.29, 0.717) is 18.7 Å². The van der Waals surface area contributed by atoms with Crippen LogP contribution in [0.25, 0.3) is 0 Å². The van der Waals surface area contributed by atoms with E-state index >= 15 is 0 Å². The number of para-hydroxylation sites is 1. The van der Waals surface area contributed by atoms with Crippen molar-refractivity contribution in [2.75, 3.05) is 31.3 Å². The van der Waals surface area contributed by atoms with Crippen molar-refractivity contribution >= 4 is 29.3 Å². The van der Waals surface area contributed by atoms with Gasteiger partial charge < -0.3 is 20.5 Å². The highest BCUT2D eigenvalue weighted by molar-refractivity contribution is 7.98. The number of carbonyl (C=O) groups is 2. The average molecular weight is 310 g/mol. The zero-order valence-corrected chi connectivity index (χ0v) is 12.5. The van der Waals surface area contributed by atoms with Crippen molar-refractivity contribution < 1.29 is 19.4 Å². The molecule has 1 heterocycles. The van der Waals surface area contributed by atoms with Crippen LogP contribution >= 0.6 is 11.8 Å². The summed E-state index contributed by atoms with van der Waals surface area (Å²) < 4.78 is 5.07. The highest BCUT2D eigenvalue weighted by Gasteiger charge is 2.33. The Labute approximate surface area is 127 Å². The minimum absolute atomic E-state index is 0.00340. The fourth-order valence-electron chi connectivity index (χ4n) is 1.99. The summed E-state index contributed by atoms with van der Waals surface area (Å²) in [5.74, 6) is -1.52. The third kappa shape index (κ3) is 4.20. The van der Waals surface area contributed by atoms with Gasteiger partial charge in [-0.2, -0.15) is 0 Å². The minimum Gasteiger partial charge on any atom is -0.386 e. The lowest BCUT2D eigenvalue weighted by atomic mass is 10.0. The largest absolute Gasteiger partial charge is 0.386 e. The molecule has 0 spiro atoms. The number of ether oxygens (including phenoxy) is 1. The molecule has 1 aromatic carbocycles. The van der Waals surface area contributed by atoms with E-state index in [0.717, 1.165) is 4.90 Å². The Balaban J connectivity index is 1.89. The van der Waals surface area contributed by atoms with Gasteiger partial charge >= 0.3 is 11.8 Å². The molecule has 1 fully saturated rings. The number of thioether (sulfide) groups is 1. The van der Waals surface area contributed by atoms with Gasteiger partial charge in [0.1, 0.15) is 5.60 Å². The van der Waals surface area contributed by atoms with Gasteiger partial charge in [0.05, 0.1) is 12.3 Å². The molecule has 2 amide bonds. The third-order valence-corrected chi connectivity index (χ3v) is 4.02. The maximum absolute atomic E-state index is 11.8. The molecule has 7 heteroatoms. The minimum atomic E-state index is -1.08. The molecular formula is C14H18N2O4S. The number of nitrogens with one attached hydrogen (secondary N) is 2. The second-order valence-electron chi connectivity index (χ2n) is 4.86. The van der Waals surface area contributed by atoms with Gasteiger partial charge in [-0.3, -0.25) is 9.59 Å². The number of hydrogen-bond donors (Lipinski definition) is 3. The second-order valence-corrected chi connectivity index (χ2v) is 5.71. The first kappa shape index (κ1) is 15.8. The van der Waals surface area contributed by atoms with Crippen LogP contribution in [0.5, 0.6) is 0 Å². The lowest BCUT2D eigenvalue weighted by molar-refractivity contribution is -0.136. The molecule has 0 saturated carbocycles. The topological polar surface area (TPSA) is 87.7 Å². The lowest BCUT2D eigenvalue weighted by Gasteiger charge is -2.20. The van der Waals surface area contributed by atoms with Gasteiger partial charge in [-0.05, 0) is 18.4 Å². The van der Waals surface area contributed by atoms with E-state index in [9.17, 15) is 14.7 Å². The van der Waals surface area contributed by atoms with E-state index in [1.165, 1.54) is 11.8 Å². The molecule has 0 unspecified atom stereocenters. The zero-order chi connectivity index (χ0) is 15.3. The van der Waals surface area contributed by atoms with E-state index in [4.69, 9.17) is 4.74 Å². The smallest absolute Gasteiger partial charge is 0.313 e. The van der Waals surface area contributed by atoms with Crippen LogP contribution in [-0.2, 0) is 14.3 Å². The summed E-state index contributed by atoms with van der Waals surface area (Å²) in [4.78, 5) is 24.5. The van der Waals surface area contributed by atoms with E-state index in [1.54, 1.807) is 12.1 Å². The van der Waals surface area contributed by atoms with Crippen LogP contribution in [0.4, 0.5) is 5.69 Å². The average Bonchev–Trinajstić information content (AvgIpc) is 2.92. The number of benzene rings is 1. The molecule has 0 aliphatic carbocycles. The zero-order valence-electron chi connectivity index (χ0n) is 11.7. The molecule has 21 heavy (non-hydrogen) atoms. The summed E-state index contributed by atoms with van der Waals surface area (Å²) in [6.07, 6.45) is 2.34. The first-order valence-corrected chi connectivity index (χ1v) is 7.79. The van der Waals surface area contributed by atoms with Gasteiger partial charge in [-0.1, -0.05) is 12.1 Å². The van der Waals surface area contributed by atoms with Gasteiger partial charge in [-0.15, -0.1) is 11.8 Å². The summed E-state index contributed by atoms with van der Waals surface area (Å²) in [7, 11) is 0. The molecule has 0 radical (unpaired) electrons. The molecule has 3 N–H and O–H groups in total. The Kier molecular flexibility index (Phi) is 5.22. The normalized spacial score (nSPS) is 21.0. The summed E-state index contributed by atoms with van der Waals surface area (Å²) in [5, 5.41) is 15.0. The van der Waals surface area contributed by atoms with E-state index in [-0.39, 0.29) is 13.2 Å². The Hall–Kier alpha value is -1.57. The molecule has 0 aromatic heterocycles. The van der Waals surface area contributed by atoms with Crippen LogP contribution in [0.2, 0.25) is 0 Å². The first-order chi connectivity index (χ1) is 10.0. The molecule has 1 aromatic rings. The van der Waals surface area contributed by atoms with Crippen LogP contribution in [0.15, 0.2) is 29.2 Å². The Morgan fingerprint density at radius 2 is 2.14 bits per heavy atom. The third-order valence-electron chi connectivity index (χ3n) is 3.22. The molecule has 1 atom stereocenters. The maximum Gasteiger partial charge on any atom is 0.313 e. The predicted molar refractivity (Wildman–Crippen MR) is 80.2 cm³/mol. The molecule has 114 valence electrons. The van der Waals surface area contributed by atoms with Crippen LogP contribution in [0.1, 0.15) is 6.42 Å². The number of carbonyl (C=O) groups excluding carboxylic acids is 2. The van der Waals surface area contributed by atoms with Gasteiger partial charge in [0.15, 0.2) is 0 Å². The van der Waals surface area contributed by atoms with Crippen molar-refractivity contribution in [1.29, 1.82) is 0 Å². The van der Waals surface area contributed by atoms with E-state index in [1.807, 2.05) is 18.4 Å². The van der Waals surface area contributed by atoms with Crippen molar-refractivity contribution in [2.24, 2.45) is 0 Å². The van der Waals surface area contributed by atoms with Crippen LogP contribution < -0.4 is 10.6 Å². The number of rotatable bonds is 4. The van der Waals surface area contributed by atoms with E-state index < -0.39 is 17.4 Å². The van der Waals surface area contributed by atoms with Crippen LogP contribution in [0, 0.1) is 0 Å². The molecular weight excluding hydrogens is 292 g/mol. The van der Waals surface area contributed by atoms with Crippen molar-refractivity contribution in [3.63, 3.8) is 0 Å². The fraction of sp³-hybridized carbons (Fsp3) is 0.429. The first-order valence-electron chi connectivity index (χ1n) is 6.56. The monoisotopic (exact) mass is 310 g/mol. The summed E-state index contributed by atoms with van der Waals surface area (Å²) in [6, 6.07) is 7.23. The molecule has 1 aliphatic heterocycles. The quantitative estimate of drug-likeness (QED) is 0.560. The highest BCUT2D eigenvalue weighted by Crippen LogP contribution is 2.24. The standard InChI is InChI=1S/C14H18N2O4S/c1-21-11-5-3-2-4-10(11)16-13(18)12(17)15-8-14(19)6-7-20-9-14/h2-5,19H,6-9H2,1H3,(H,15,17)(H,16,18)/t14-/m1/s1. The highest BCUT2D eigenvalue weighted by atomic mass is 32.2. The number of hydrogen-bond acceptors (Lipinski definition) is 5. The number of amides is 2. The predicted octanol–water partition coefficient (Wildman–Crippen LogP) is 0.615. The van der Waals surface area contributed by atoms with Crippen molar-refractivity contribution in [3.8, 4) is 0 Å². The Morgan fingerprint density at radius 1 is 1.38 bits per heavy atom. The van der Waals surface area contributed by atoms with Crippen molar-refractivity contribution in [3.05, 3.63) is 24.3 Å². The number of aliphatic hydroxyl groups is 1. The van der Waals surface area contributed by atoms with Crippen molar-refractivity contribution in [1.82, 2.24) is 5.32 Å². The second kappa shape index (κ2) is 6.93. The SMILES string of the molecule is CSc1ccccc1NC(=O)C(=O)NC[C@]1(O)CCOC1. The van der Waals surface area contributed by atoms with Gasteiger partial charge in [0.25, 0.3) is 0 Å². The molecule has 1 aliphatic rings. The molecule has 1 saturated heterocycles. The lowest BCUT2D eigenvalue weighted by Crippen LogP contribution is -2.46. The van der Waals surface area contributed by atoms with Crippen LogP contribution in [-0.4, -0.2) is 48.5 Å². The van der Waals surface area contributed by atoms with Gasteiger partial charge in [0.2, 0.25) is 0 Å². The van der Waals surface area contributed by atoms with Gasteiger partial charge in [0, 0.05) is 24.5 Å². The Morgan fingerprint density at radius 3 is 2.81 bits per heavy atom. The fourth-order valence-corrected chi connectivity index (χ4v) is 2.54. The Bertz CT molecular complexity index is 529. The van der Waals surface area contributed by atoms with Crippen molar-refractivity contribution in [2.45, 2.75) is 16.9 Å². The molecule has 6 nitrogen and oxygen atoms in total. The van der Waals surface area contributed by atoms with Crippen LogP contribution in [0.3, 0.4) is 0 Å². The maximum atomic E-state index is 11.8. The molecule has 2 rings (SSSR count). The summed E-state index contributed by atoms with van der Waals surface area (Å²) in [5.41, 5.74) is -0.485. The van der Waals surface area contributed by atoms with Gasteiger partial charge in [-0.25, -0.2) is 0 Å². The summed E-state index contributed by atoms with van der Waals surface area (Å²) in [6.45, 7) is 0.632. The number of anilines is 1.